The Labute approximate surface area is 121 Å². The summed E-state index contributed by atoms with van der Waals surface area (Å²) in [6.45, 7) is 7.40. The zero-order chi connectivity index (χ0) is 14.4. The second kappa shape index (κ2) is 7.04. The van der Waals surface area contributed by atoms with Crippen LogP contribution in [0.4, 0.5) is 5.82 Å². The SMILES string of the molecule is CCCNc1ncnc(-c2ccc(C)cc2)c1CCC. The first-order chi connectivity index (χ1) is 9.76. The summed E-state index contributed by atoms with van der Waals surface area (Å²) < 4.78 is 0. The highest BCUT2D eigenvalue weighted by Gasteiger charge is 2.12. The largest absolute Gasteiger partial charge is 0.370 e. The fourth-order valence-corrected chi connectivity index (χ4v) is 2.26. The third kappa shape index (κ3) is 3.35. The van der Waals surface area contributed by atoms with Crippen LogP contribution in [0.2, 0.25) is 0 Å². The van der Waals surface area contributed by atoms with Gasteiger partial charge >= 0.3 is 0 Å². The Hall–Kier alpha value is -1.90. The lowest BCUT2D eigenvalue weighted by Gasteiger charge is -2.14. The molecule has 1 aromatic heterocycles. The number of nitrogens with one attached hydrogen (secondary N) is 1. The average Bonchev–Trinajstić information content (AvgIpc) is 2.47. The number of nitrogens with zero attached hydrogens (tertiary/aromatic N) is 2. The topological polar surface area (TPSA) is 37.8 Å². The molecule has 0 aliphatic rings. The number of benzene rings is 1. The van der Waals surface area contributed by atoms with E-state index < -0.39 is 0 Å². The molecule has 1 heterocycles. The van der Waals surface area contributed by atoms with Gasteiger partial charge in [0.05, 0.1) is 5.69 Å². The minimum Gasteiger partial charge on any atom is -0.370 e. The Bertz CT molecular complexity index is 547. The highest BCUT2D eigenvalue weighted by atomic mass is 15.0. The lowest BCUT2D eigenvalue weighted by Crippen LogP contribution is -2.07. The third-order valence-electron chi connectivity index (χ3n) is 3.31. The monoisotopic (exact) mass is 269 g/mol. The Kier molecular flexibility index (Phi) is 5.10. The number of aryl methyl sites for hydroxylation is 1. The summed E-state index contributed by atoms with van der Waals surface area (Å²) in [5.41, 5.74) is 4.72. The molecule has 3 heteroatoms. The van der Waals surface area contributed by atoms with Crippen molar-refractivity contribution in [3.05, 3.63) is 41.7 Å². The maximum atomic E-state index is 4.51. The molecule has 0 saturated carbocycles. The molecule has 0 radical (unpaired) electrons. The van der Waals surface area contributed by atoms with Crippen LogP contribution < -0.4 is 5.32 Å². The Morgan fingerprint density at radius 2 is 1.75 bits per heavy atom. The first kappa shape index (κ1) is 14.5. The fraction of sp³-hybridized carbons (Fsp3) is 0.412. The minimum atomic E-state index is 0.946. The van der Waals surface area contributed by atoms with Crippen LogP contribution in [0, 0.1) is 6.92 Å². The van der Waals surface area contributed by atoms with Crippen molar-refractivity contribution in [1.29, 1.82) is 0 Å². The lowest BCUT2D eigenvalue weighted by molar-refractivity contribution is 0.892. The second-order valence-electron chi connectivity index (χ2n) is 5.09. The van der Waals surface area contributed by atoms with Gasteiger partial charge < -0.3 is 5.32 Å². The van der Waals surface area contributed by atoms with Gasteiger partial charge in [-0.2, -0.15) is 0 Å². The molecule has 2 rings (SSSR count). The normalized spacial score (nSPS) is 10.6. The highest BCUT2D eigenvalue weighted by Crippen LogP contribution is 2.27. The van der Waals surface area contributed by atoms with Crippen LogP contribution in [0.5, 0.6) is 0 Å². The number of rotatable bonds is 6. The van der Waals surface area contributed by atoms with Crippen molar-refractivity contribution in [1.82, 2.24) is 9.97 Å². The van der Waals surface area contributed by atoms with Crippen molar-refractivity contribution < 1.29 is 0 Å². The summed E-state index contributed by atoms with van der Waals surface area (Å²) in [5.74, 6) is 0.985. The molecule has 0 unspecified atom stereocenters. The van der Waals surface area contributed by atoms with E-state index in [0.29, 0.717) is 0 Å². The maximum Gasteiger partial charge on any atom is 0.133 e. The van der Waals surface area contributed by atoms with E-state index in [-0.39, 0.29) is 0 Å². The van der Waals surface area contributed by atoms with E-state index in [4.69, 9.17) is 0 Å². The first-order valence-corrected chi connectivity index (χ1v) is 7.41. The molecular weight excluding hydrogens is 246 g/mol. The van der Waals surface area contributed by atoms with Gasteiger partial charge in [-0.3, -0.25) is 0 Å². The molecule has 0 aliphatic carbocycles. The van der Waals surface area contributed by atoms with E-state index in [1.165, 1.54) is 16.7 Å². The summed E-state index contributed by atoms with van der Waals surface area (Å²) in [4.78, 5) is 8.93. The Morgan fingerprint density at radius 1 is 1.00 bits per heavy atom. The van der Waals surface area contributed by atoms with Crippen molar-refractivity contribution in [2.75, 3.05) is 11.9 Å². The van der Waals surface area contributed by atoms with Gasteiger partial charge in [0, 0.05) is 17.7 Å². The number of aromatic nitrogens is 2. The summed E-state index contributed by atoms with van der Waals surface area (Å²) in [6, 6.07) is 8.54. The van der Waals surface area contributed by atoms with Gasteiger partial charge in [0.1, 0.15) is 12.1 Å². The summed E-state index contributed by atoms with van der Waals surface area (Å²) in [6.07, 6.45) is 4.84. The van der Waals surface area contributed by atoms with Gasteiger partial charge in [-0.15, -0.1) is 0 Å². The van der Waals surface area contributed by atoms with Crippen molar-refractivity contribution in [3.63, 3.8) is 0 Å². The summed E-state index contributed by atoms with van der Waals surface area (Å²) in [7, 11) is 0. The van der Waals surface area contributed by atoms with Crippen LogP contribution >= 0.6 is 0 Å². The number of anilines is 1. The van der Waals surface area contributed by atoms with E-state index in [1.54, 1.807) is 6.33 Å². The average molecular weight is 269 g/mol. The van der Waals surface area contributed by atoms with Gasteiger partial charge in [0.2, 0.25) is 0 Å². The molecule has 0 aliphatic heterocycles. The molecule has 0 saturated heterocycles. The fourth-order valence-electron chi connectivity index (χ4n) is 2.26. The predicted molar refractivity (Wildman–Crippen MR) is 85.0 cm³/mol. The van der Waals surface area contributed by atoms with Gasteiger partial charge in [0.15, 0.2) is 0 Å². The number of hydrogen-bond donors (Lipinski definition) is 1. The predicted octanol–water partition coefficient (Wildman–Crippen LogP) is 4.23. The molecule has 2 aromatic rings. The molecule has 20 heavy (non-hydrogen) atoms. The third-order valence-corrected chi connectivity index (χ3v) is 3.31. The molecule has 0 atom stereocenters. The molecule has 0 fully saturated rings. The zero-order valence-electron chi connectivity index (χ0n) is 12.6. The van der Waals surface area contributed by atoms with Crippen LogP contribution in [0.1, 0.15) is 37.8 Å². The van der Waals surface area contributed by atoms with Crippen LogP contribution in [-0.2, 0) is 6.42 Å². The van der Waals surface area contributed by atoms with Crippen LogP contribution in [-0.4, -0.2) is 16.5 Å². The standard InChI is InChI=1S/C17H23N3/c1-4-6-15-16(14-9-7-13(3)8-10-14)19-12-20-17(15)18-11-5-2/h7-10,12H,4-6,11H2,1-3H3,(H,18,19,20). The lowest BCUT2D eigenvalue weighted by atomic mass is 10.0. The molecular formula is C17H23N3. The minimum absolute atomic E-state index is 0.946. The molecule has 106 valence electrons. The van der Waals surface area contributed by atoms with E-state index in [2.05, 4.69) is 60.3 Å². The second-order valence-corrected chi connectivity index (χ2v) is 5.09. The van der Waals surface area contributed by atoms with Crippen molar-refractivity contribution in [3.8, 4) is 11.3 Å². The maximum absolute atomic E-state index is 4.51. The highest BCUT2D eigenvalue weighted by molar-refractivity contribution is 5.68. The van der Waals surface area contributed by atoms with Crippen LogP contribution in [0.25, 0.3) is 11.3 Å². The van der Waals surface area contributed by atoms with Gasteiger partial charge in [0.25, 0.3) is 0 Å². The van der Waals surface area contributed by atoms with Crippen molar-refractivity contribution in [2.45, 2.75) is 40.0 Å². The zero-order valence-corrected chi connectivity index (χ0v) is 12.6. The van der Waals surface area contributed by atoms with Crippen molar-refractivity contribution >= 4 is 5.82 Å². The van der Waals surface area contributed by atoms with Gasteiger partial charge in [-0.1, -0.05) is 50.1 Å². The van der Waals surface area contributed by atoms with E-state index in [0.717, 1.165) is 37.3 Å². The van der Waals surface area contributed by atoms with E-state index in [1.807, 2.05) is 0 Å². The van der Waals surface area contributed by atoms with Gasteiger partial charge in [-0.25, -0.2) is 9.97 Å². The molecule has 1 N–H and O–H groups in total. The molecule has 0 bridgehead atoms. The van der Waals surface area contributed by atoms with E-state index >= 15 is 0 Å². The smallest absolute Gasteiger partial charge is 0.133 e. The molecule has 1 aromatic carbocycles. The Balaban J connectivity index is 2.42. The van der Waals surface area contributed by atoms with Gasteiger partial charge in [-0.05, 0) is 19.8 Å². The van der Waals surface area contributed by atoms with Crippen LogP contribution in [0.3, 0.4) is 0 Å². The van der Waals surface area contributed by atoms with E-state index in [9.17, 15) is 0 Å². The van der Waals surface area contributed by atoms with Crippen LogP contribution in [0.15, 0.2) is 30.6 Å². The summed E-state index contributed by atoms with van der Waals surface area (Å²) >= 11 is 0. The number of hydrogen-bond acceptors (Lipinski definition) is 3. The quantitative estimate of drug-likeness (QED) is 0.853. The Morgan fingerprint density at radius 3 is 2.40 bits per heavy atom. The van der Waals surface area contributed by atoms with Crippen molar-refractivity contribution in [2.24, 2.45) is 0 Å². The summed E-state index contributed by atoms with van der Waals surface area (Å²) in [5, 5.41) is 3.42. The molecule has 0 amide bonds. The molecule has 0 spiro atoms. The first-order valence-electron chi connectivity index (χ1n) is 7.41. The molecule has 3 nitrogen and oxygen atoms in total.